The highest BCUT2D eigenvalue weighted by Crippen LogP contribution is 2.13. The van der Waals surface area contributed by atoms with Gasteiger partial charge in [-0.2, -0.15) is 0 Å². The molecule has 1 heterocycles. The lowest BCUT2D eigenvalue weighted by Gasteiger charge is -2.12. The van der Waals surface area contributed by atoms with Crippen LogP contribution in [-0.2, 0) is 4.74 Å². The second-order valence-corrected chi connectivity index (χ2v) is 5.24. The Balaban J connectivity index is 1.87. The summed E-state index contributed by atoms with van der Waals surface area (Å²) in [7, 11) is 0. The van der Waals surface area contributed by atoms with Crippen LogP contribution >= 0.6 is 0 Å². The third-order valence-corrected chi connectivity index (χ3v) is 3.57. The molecule has 1 unspecified atom stereocenters. The molecule has 0 aromatic heterocycles. The number of nitrogens with zero attached hydrogens (tertiary/aromatic N) is 1. The number of benzene rings is 1. The van der Waals surface area contributed by atoms with Crippen LogP contribution < -0.4 is 16.5 Å². The number of hydrogen-bond donors (Lipinski definition) is 3. The SMILES string of the molecule is CC(=C\N)/C(=N\Nc1ccccc1)OCCC1CCNC1. The van der Waals surface area contributed by atoms with Crippen molar-refractivity contribution in [3.05, 3.63) is 42.1 Å². The van der Waals surface area contributed by atoms with Crippen molar-refractivity contribution in [1.29, 1.82) is 0 Å². The summed E-state index contributed by atoms with van der Waals surface area (Å²) in [5, 5.41) is 7.67. The predicted octanol–water partition coefficient (Wildman–Crippen LogP) is 2.29. The van der Waals surface area contributed by atoms with Gasteiger partial charge in [0, 0.05) is 11.8 Å². The first-order chi connectivity index (χ1) is 10.3. The molecule has 0 saturated carbocycles. The number of para-hydroxylation sites is 1. The Morgan fingerprint density at radius 3 is 2.95 bits per heavy atom. The van der Waals surface area contributed by atoms with Crippen LogP contribution in [0.25, 0.3) is 0 Å². The van der Waals surface area contributed by atoms with Gasteiger partial charge < -0.3 is 15.8 Å². The third kappa shape index (κ3) is 5.11. The van der Waals surface area contributed by atoms with Gasteiger partial charge in [0.05, 0.1) is 12.3 Å². The number of nitrogens with two attached hydrogens (primary N) is 1. The number of ether oxygens (including phenoxy) is 1. The normalized spacial score (nSPS) is 19.6. The first-order valence-corrected chi connectivity index (χ1v) is 7.40. The van der Waals surface area contributed by atoms with Crippen molar-refractivity contribution in [2.75, 3.05) is 25.1 Å². The molecule has 1 aliphatic heterocycles. The van der Waals surface area contributed by atoms with E-state index in [0.29, 0.717) is 18.4 Å². The average molecular weight is 288 g/mol. The van der Waals surface area contributed by atoms with E-state index >= 15 is 0 Å². The van der Waals surface area contributed by atoms with E-state index in [2.05, 4.69) is 15.8 Å². The van der Waals surface area contributed by atoms with Gasteiger partial charge in [-0.05, 0) is 50.9 Å². The monoisotopic (exact) mass is 288 g/mol. The number of nitrogens with one attached hydrogen (secondary N) is 2. The largest absolute Gasteiger partial charge is 0.476 e. The lowest BCUT2D eigenvalue weighted by atomic mass is 10.1. The van der Waals surface area contributed by atoms with Crippen LogP contribution in [-0.4, -0.2) is 25.6 Å². The summed E-state index contributed by atoms with van der Waals surface area (Å²) in [4.78, 5) is 0. The fraction of sp³-hybridized carbons (Fsp3) is 0.438. The zero-order valence-corrected chi connectivity index (χ0v) is 12.5. The van der Waals surface area contributed by atoms with Gasteiger partial charge in [0.2, 0.25) is 5.90 Å². The lowest BCUT2D eigenvalue weighted by molar-refractivity contribution is 0.272. The first kappa shape index (κ1) is 15.4. The summed E-state index contributed by atoms with van der Waals surface area (Å²) in [5.41, 5.74) is 10.3. The molecule has 1 aromatic rings. The van der Waals surface area contributed by atoms with Crippen molar-refractivity contribution in [1.82, 2.24) is 5.32 Å². The Labute approximate surface area is 126 Å². The van der Waals surface area contributed by atoms with Crippen LogP contribution in [0.15, 0.2) is 47.2 Å². The molecule has 114 valence electrons. The summed E-state index contributed by atoms with van der Waals surface area (Å²) in [6.45, 7) is 4.75. The second-order valence-electron chi connectivity index (χ2n) is 5.24. The predicted molar refractivity (Wildman–Crippen MR) is 87.0 cm³/mol. The average Bonchev–Trinajstić information content (AvgIpc) is 3.04. The van der Waals surface area contributed by atoms with Crippen LogP contribution in [0.5, 0.6) is 0 Å². The Kier molecular flexibility index (Phi) is 6.09. The maximum absolute atomic E-state index is 5.79. The fourth-order valence-electron chi connectivity index (χ4n) is 2.22. The summed E-state index contributed by atoms with van der Waals surface area (Å²) in [5.74, 6) is 1.25. The van der Waals surface area contributed by atoms with Gasteiger partial charge in [-0.25, -0.2) is 0 Å². The molecule has 1 atom stereocenters. The highest BCUT2D eigenvalue weighted by Gasteiger charge is 2.14. The molecule has 1 saturated heterocycles. The number of hydrogen-bond acceptors (Lipinski definition) is 5. The molecule has 0 spiro atoms. The van der Waals surface area contributed by atoms with Crippen LogP contribution in [0, 0.1) is 5.92 Å². The number of rotatable bonds is 6. The van der Waals surface area contributed by atoms with E-state index < -0.39 is 0 Å². The second kappa shape index (κ2) is 8.32. The minimum absolute atomic E-state index is 0.548. The standard InChI is InChI=1S/C16H24N4O/c1-13(11-17)16(20-19-15-5-3-2-4-6-15)21-10-8-14-7-9-18-12-14/h2-6,11,14,18-19H,7-10,12,17H2,1H3/b13-11+,20-16+. The van der Waals surface area contributed by atoms with Crippen LogP contribution in [0.4, 0.5) is 5.69 Å². The van der Waals surface area contributed by atoms with Crippen LogP contribution in [0.2, 0.25) is 0 Å². The Morgan fingerprint density at radius 1 is 1.48 bits per heavy atom. The maximum Gasteiger partial charge on any atom is 0.235 e. The van der Waals surface area contributed by atoms with E-state index in [4.69, 9.17) is 10.5 Å². The van der Waals surface area contributed by atoms with E-state index in [9.17, 15) is 0 Å². The van der Waals surface area contributed by atoms with Crippen molar-refractivity contribution in [2.24, 2.45) is 16.8 Å². The van der Waals surface area contributed by atoms with Gasteiger partial charge in [-0.1, -0.05) is 18.2 Å². The highest BCUT2D eigenvalue weighted by atomic mass is 16.5. The van der Waals surface area contributed by atoms with Gasteiger partial charge in [0.25, 0.3) is 0 Å². The number of hydrazone groups is 1. The Morgan fingerprint density at radius 2 is 2.29 bits per heavy atom. The molecule has 0 amide bonds. The molecular formula is C16H24N4O. The van der Waals surface area contributed by atoms with Crippen molar-refractivity contribution in [3.63, 3.8) is 0 Å². The van der Waals surface area contributed by atoms with Gasteiger partial charge >= 0.3 is 0 Å². The lowest BCUT2D eigenvalue weighted by Crippen LogP contribution is -2.15. The summed E-state index contributed by atoms with van der Waals surface area (Å²) in [6, 6.07) is 9.78. The quantitative estimate of drug-likeness (QED) is 0.427. The van der Waals surface area contributed by atoms with Crippen LogP contribution in [0.3, 0.4) is 0 Å². The van der Waals surface area contributed by atoms with Gasteiger partial charge in [-0.3, -0.25) is 5.43 Å². The molecule has 4 N–H and O–H groups in total. The van der Waals surface area contributed by atoms with Crippen molar-refractivity contribution in [2.45, 2.75) is 19.8 Å². The van der Waals surface area contributed by atoms with Gasteiger partial charge in [0.15, 0.2) is 0 Å². The smallest absolute Gasteiger partial charge is 0.235 e. The highest BCUT2D eigenvalue weighted by molar-refractivity contribution is 5.93. The molecule has 1 aromatic carbocycles. The molecule has 5 nitrogen and oxygen atoms in total. The summed E-state index contributed by atoms with van der Waals surface area (Å²) >= 11 is 0. The Bertz CT molecular complexity index is 478. The molecule has 1 fully saturated rings. The number of anilines is 1. The van der Waals surface area contributed by atoms with E-state index in [1.165, 1.54) is 12.6 Å². The fourth-order valence-corrected chi connectivity index (χ4v) is 2.22. The maximum atomic E-state index is 5.79. The van der Waals surface area contributed by atoms with Gasteiger partial charge in [0.1, 0.15) is 0 Å². The van der Waals surface area contributed by atoms with Crippen molar-refractivity contribution < 1.29 is 4.74 Å². The Hall–Kier alpha value is -2.01. The van der Waals surface area contributed by atoms with Crippen molar-refractivity contribution >= 4 is 11.6 Å². The topological polar surface area (TPSA) is 71.7 Å². The third-order valence-electron chi connectivity index (χ3n) is 3.57. The molecule has 2 rings (SSSR count). The van der Waals surface area contributed by atoms with E-state index in [-0.39, 0.29) is 0 Å². The minimum Gasteiger partial charge on any atom is -0.476 e. The van der Waals surface area contributed by atoms with Gasteiger partial charge in [-0.15, -0.1) is 5.10 Å². The van der Waals surface area contributed by atoms with Crippen molar-refractivity contribution in [3.8, 4) is 0 Å². The zero-order valence-electron chi connectivity index (χ0n) is 12.5. The molecule has 0 bridgehead atoms. The molecule has 0 aliphatic carbocycles. The zero-order chi connectivity index (χ0) is 14.9. The van der Waals surface area contributed by atoms with E-state index in [0.717, 1.165) is 30.8 Å². The molecular weight excluding hydrogens is 264 g/mol. The van der Waals surface area contributed by atoms with Crippen LogP contribution in [0.1, 0.15) is 19.8 Å². The molecule has 0 radical (unpaired) electrons. The van der Waals surface area contributed by atoms with E-state index in [1.807, 2.05) is 37.3 Å². The molecule has 1 aliphatic rings. The first-order valence-electron chi connectivity index (χ1n) is 7.40. The molecule has 5 heteroatoms. The summed E-state index contributed by atoms with van der Waals surface area (Å²) < 4.78 is 5.79. The van der Waals surface area contributed by atoms with E-state index in [1.54, 1.807) is 0 Å². The molecule has 21 heavy (non-hydrogen) atoms. The summed E-state index contributed by atoms with van der Waals surface area (Å²) in [6.07, 6.45) is 3.78. The minimum atomic E-state index is 0.548.